The Hall–Kier alpha value is -1.85. The molecule has 2 aromatic rings. The first-order valence-corrected chi connectivity index (χ1v) is 7.31. The van der Waals surface area contributed by atoms with Crippen LogP contribution in [0.1, 0.15) is 23.8 Å². The summed E-state index contributed by atoms with van der Waals surface area (Å²) in [5.74, 6) is 0.411. The topological polar surface area (TPSA) is 75.0 Å². The van der Waals surface area contributed by atoms with Crippen LogP contribution in [0.4, 0.5) is 0 Å². The number of carbonyl (C=O) groups excluding carboxylic acids is 1. The first kappa shape index (κ1) is 16.5. The summed E-state index contributed by atoms with van der Waals surface area (Å²) < 4.78 is 0. The molecule has 1 amide bonds. The summed E-state index contributed by atoms with van der Waals surface area (Å²) in [6.07, 6.45) is 0.974. The number of amides is 1. The molecule has 6 heteroatoms. The minimum Gasteiger partial charge on any atom is -0.334 e. The van der Waals surface area contributed by atoms with Gasteiger partial charge in [0.1, 0.15) is 5.69 Å². The lowest BCUT2D eigenvalue weighted by molar-refractivity contribution is 0.0737. The minimum atomic E-state index is 0. The van der Waals surface area contributed by atoms with Gasteiger partial charge in [-0.1, -0.05) is 30.3 Å². The third-order valence-electron chi connectivity index (χ3n) is 4.13. The highest BCUT2D eigenvalue weighted by atomic mass is 35.5. The van der Waals surface area contributed by atoms with Gasteiger partial charge >= 0.3 is 0 Å². The first-order chi connectivity index (χ1) is 10.2. The Labute approximate surface area is 136 Å². The highest BCUT2D eigenvalue weighted by molar-refractivity contribution is 5.93. The quantitative estimate of drug-likeness (QED) is 0.911. The molecule has 1 fully saturated rings. The zero-order valence-electron chi connectivity index (χ0n) is 12.5. The lowest BCUT2D eigenvalue weighted by Crippen LogP contribution is -2.34. The third-order valence-corrected chi connectivity index (χ3v) is 4.13. The van der Waals surface area contributed by atoms with Gasteiger partial charge in [0, 0.05) is 18.2 Å². The second-order valence-corrected chi connectivity index (χ2v) is 5.68. The summed E-state index contributed by atoms with van der Waals surface area (Å²) in [5.41, 5.74) is 8.05. The molecule has 0 radical (unpaired) electrons. The summed E-state index contributed by atoms with van der Waals surface area (Å²) in [6, 6.07) is 11.9. The maximum atomic E-state index is 12.6. The molecule has 1 aromatic heterocycles. The molecule has 1 aromatic carbocycles. The number of benzene rings is 1. The molecule has 1 aliphatic rings. The summed E-state index contributed by atoms with van der Waals surface area (Å²) in [5, 5.41) is 7.11. The van der Waals surface area contributed by atoms with Gasteiger partial charge in [0.2, 0.25) is 0 Å². The van der Waals surface area contributed by atoms with Crippen LogP contribution >= 0.6 is 12.4 Å². The monoisotopic (exact) mass is 320 g/mol. The van der Waals surface area contributed by atoms with Gasteiger partial charge in [-0.05, 0) is 31.9 Å². The number of H-pyrrole nitrogens is 1. The Morgan fingerprint density at radius 1 is 1.41 bits per heavy atom. The average molecular weight is 321 g/mol. The zero-order valence-corrected chi connectivity index (χ0v) is 13.3. The van der Waals surface area contributed by atoms with Gasteiger partial charge in [0.05, 0.1) is 5.69 Å². The van der Waals surface area contributed by atoms with E-state index in [9.17, 15) is 4.79 Å². The van der Waals surface area contributed by atoms with Gasteiger partial charge < -0.3 is 10.6 Å². The summed E-state index contributed by atoms with van der Waals surface area (Å²) in [7, 11) is 0. The fraction of sp³-hybridized carbons (Fsp3) is 0.375. The Morgan fingerprint density at radius 3 is 2.77 bits per heavy atom. The van der Waals surface area contributed by atoms with E-state index < -0.39 is 0 Å². The van der Waals surface area contributed by atoms with E-state index in [0.29, 0.717) is 18.2 Å². The van der Waals surface area contributed by atoms with Crippen molar-refractivity contribution in [3.05, 3.63) is 42.1 Å². The maximum Gasteiger partial charge on any atom is 0.272 e. The van der Waals surface area contributed by atoms with Gasteiger partial charge in [-0.3, -0.25) is 9.89 Å². The standard InChI is InChI=1S/C16H20N4O.ClH/c1-11-7-12(9-17)10-20(11)16(21)15-8-14(18-19-15)13-5-3-2-4-6-13;/h2-6,8,11-12H,7,9-10,17H2,1H3,(H,18,19);1H. The Morgan fingerprint density at radius 2 is 2.14 bits per heavy atom. The minimum absolute atomic E-state index is 0. The third kappa shape index (κ3) is 3.15. The first-order valence-electron chi connectivity index (χ1n) is 7.31. The molecule has 0 aliphatic carbocycles. The van der Waals surface area contributed by atoms with Crippen LogP contribution in [0.2, 0.25) is 0 Å². The van der Waals surface area contributed by atoms with Crippen LogP contribution in [0.25, 0.3) is 11.3 Å². The average Bonchev–Trinajstić information content (AvgIpc) is 3.14. The van der Waals surface area contributed by atoms with Gasteiger partial charge in [0.25, 0.3) is 5.91 Å². The highest BCUT2D eigenvalue weighted by Crippen LogP contribution is 2.25. The normalized spacial score (nSPS) is 20.7. The van der Waals surface area contributed by atoms with Crippen LogP contribution in [-0.2, 0) is 0 Å². The molecule has 3 N–H and O–H groups in total. The smallest absolute Gasteiger partial charge is 0.272 e. The molecule has 5 nitrogen and oxygen atoms in total. The number of nitrogens with one attached hydrogen (secondary N) is 1. The lowest BCUT2D eigenvalue weighted by atomic mass is 10.1. The number of nitrogens with two attached hydrogens (primary N) is 1. The van der Waals surface area contributed by atoms with Gasteiger partial charge in [0.15, 0.2) is 0 Å². The van der Waals surface area contributed by atoms with Crippen LogP contribution in [0.5, 0.6) is 0 Å². The number of aromatic nitrogens is 2. The summed E-state index contributed by atoms with van der Waals surface area (Å²) >= 11 is 0. The summed E-state index contributed by atoms with van der Waals surface area (Å²) in [6.45, 7) is 3.44. The number of hydrogen-bond acceptors (Lipinski definition) is 3. The molecule has 2 unspecified atom stereocenters. The van der Waals surface area contributed by atoms with E-state index >= 15 is 0 Å². The van der Waals surface area contributed by atoms with Crippen molar-refractivity contribution in [3.8, 4) is 11.3 Å². The molecule has 2 heterocycles. The fourth-order valence-corrected chi connectivity index (χ4v) is 2.94. The molecule has 0 spiro atoms. The number of aromatic amines is 1. The molecular formula is C16H21ClN4O. The Balaban J connectivity index is 0.00000176. The summed E-state index contributed by atoms with van der Waals surface area (Å²) in [4.78, 5) is 14.5. The van der Waals surface area contributed by atoms with Crippen LogP contribution in [-0.4, -0.2) is 40.1 Å². The van der Waals surface area contributed by atoms with Crippen LogP contribution < -0.4 is 5.73 Å². The van der Waals surface area contributed by atoms with Crippen molar-refractivity contribution >= 4 is 18.3 Å². The molecule has 3 rings (SSSR count). The fourth-order valence-electron chi connectivity index (χ4n) is 2.94. The van der Waals surface area contributed by atoms with E-state index in [0.717, 1.165) is 24.2 Å². The second-order valence-electron chi connectivity index (χ2n) is 5.68. The number of nitrogens with zero attached hydrogens (tertiary/aromatic N) is 2. The van der Waals surface area contributed by atoms with Gasteiger partial charge in [-0.15, -0.1) is 12.4 Å². The van der Waals surface area contributed by atoms with E-state index in [4.69, 9.17) is 5.73 Å². The lowest BCUT2D eigenvalue weighted by Gasteiger charge is -2.20. The van der Waals surface area contributed by atoms with E-state index in [1.54, 1.807) is 0 Å². The molecule has 118 valence electrons. The molecule has 2 atom stereocenters. The number of carbonyl (C=O) groups is 1. The molecule has 1 aliphatic heterocycles. The van der Waals surface area contributed by atoms with Crippen LogP contribution in [0.15, 0.2) is 36.4 Å². The number of hydrogen-bond donors (Lipinski definition) is 2. The van der Waals surface area contributed by atoms with Crippen molar-refractivity contribution in [2.45, 2.75) is 19.4 Å². The largest absolute Gasteiger partial charge is 0.334 e. The van der Waals surface area contributed by atoms with Crippen molar-refractivity contribution in [1.82, 2.24) is 15.1 Å². The SMILES string of the molecule is CC1CC(CN)CN1C(=O)c1cc(-c2ccccc2)n[nH]1.Cl. The molecule has 0 saturated carbocycles. The molecule has 1 saturated heterocycles. The van der Waals surface area contributed by atoms with Crippen molar-refractivity contribution in [2.24, 2.45) is 11.7 Å². The van der Waals surface area contributed by atoms with Crippen molar-refractivity contribution in [1.29, 1.82) is 0 Å². The van der Waals surface area contributed by atoms with Gasteiger partial charge in [-0.2, -0.15) is 5.10 Å². The zero-order chi connectivity index (χ0) is 14.8. The predicted octanol–water partition coefficient (Wildman–Crippen LogP) is 2.31. The van der Waals surface area contributed by atoms with Crippen molar-refractivity contribution < 1.29 is 4.79 Å². The van der Waals surface area contributed by atoms with E-state index in [1.807, 2.05) is 41.3 Å². The second kappa shape index (κ2) is 6.94. The van der Waals surface area contributed by atoms with Crippen LogP contribution in [0.3, 0.4) is 0 Å². The number of halogens is 1. The van der Waals surface area contributed by atoms with Crippen molar-refractivity contribution in [2.75, 3.05) is 13.1 Å². The number of likely N-dealkylation sites (tertiary alicyclic amines) is 1. The van der Waals surface area contributed by atoms with E-state index in [-0.39, 0.29) is 24.4 Å². The van der Waals surface area contributed by atoms with Gasteiger partial charge in [-0.25, -0.2) is 0 Å². The van der Waals surface area contributed by atoms with E-state index in [1.165, 1.54) is 0 Å². The van der Waals surface area contributed by atoms with Crippen LogP contribution in [0, 0.1) is 5.92 Å². The maximum absolute atomic E-state index is 12.6. The predicted molar refractivity (Wildman–Crippen MR) is 88.9 cm³/mol. The number of rotatable bonds is 3. The molecular weight excluding hydrogens is 300 g/mol. The van der Waals surface area contributed by atoms with Crippen molar-refractivity contribution in [3.63, 3.8) is 0 Å². The molecule has 0 bridgehead atoms. The Bertz CT molecular complexity index is 628. The molecule has 22 heavy (non-hydrogen) atoms. The van der Waals surface area contributed by atoms with E-state index in [2.05, 4.69) is 17.1 Å². The highest BCUT2D eigenvalue weighted by Gasteiger charge is 2.32. The Kier molecular flexibility index (Phi) is 5.21.